The van der Waals surface area contributed by atoms with E-state index in [0.717, 1.165) is 18.4 Å². The monoisotopic (exact) mass is 220 g/mol. The van der Waals surface area contributed by atoms with Crippen molar-refractivity contribution in [2.45, 2.75) is 32.6 Å². The maximum atomic E-state index is 11.7. The number of rotatable bonds is 7. The Morgan fingerprint density at radius 3 is 2.69 bits per heavy atom. The number of aromatic nitrogens is 1. The average molecular weight is 220 g/mol. The summed E-state index contributed by atoms with van der Waals surface area (Å²) in [6.45, 7) is 2.85. The molecule has 1 rings (SSSR count). The average Bonchev–Trinajstić information content (AvgIpc) is 2.28. The molecule has 0 aliphatic heterocycles. The lowest BCUT2D eigenvalue weighted by Gasteiger charge is -2.08. The lowest BCUT2D eigenvalue weighted by molar-refractivity contribution is -0.118. The van der Waals surface area contributed by atoms with E-state index >= 15 is 0 Å². The van der Waals surface area contributed by atoms with Gasteiger partial charge in [0.1, 0.15) is 5.78 Å². The summed E-state index contributed by atoms with van der Waals surface area (Å²) in [4.78, 5) is 15.6. The van der Waals surface area contributed by atoms with Gasteiger partial charge >= 0.3 is 0 Å². The second-order valence-electron chi connectivity index (χ2n) is 4.29. The maximum Gasteiger partial charge on any atom is 0.137 e. The summed E-state index contributed by atoms with van der Waals surface area (Å²) < 4.78 is 0. The summed E-state index contributed by atoms with van der Waals surface area (Å²) in [5, 5.41) is 0. The van der Waals surface area contributed by atoms with Crippen molar-refractivity contribution in [2.75, 3.05) is 6.54 Å². The van der Waals surface area contributed by atoms with E-state index in [-0.39, 0.29) is 0 Å². The number of nitrogens with two attached hydrogens (primary N) is 1. The number of carbonyl (C=O) groups is 1. The first-order valence-corrected chi connectivity index (χ1v) is 5.83. The molecule has 1 aromatic heterocycles. The lowest BCUT2D eigenvalue weighted by Crippen LogP contribution is -2.09. The second-order valence-corrected chi connectivity index (χ2v) is 4.29. The van der Waals surface area contributed by atoms with Gasteiger partial charge in [0, 0.05) is 25.2 Å². The van der Waals surface area contributed by atoms with E-state index in [2.05, 4.69) is 11.9 Å². The molecule has 0 aliphatic carbocycles. The summed E-state index contributed by atoms with van der Waals surface area (Å²) in [5.41, 5.74) is 6.52. The molecule has 1 heterocycles. The van der Waals surface area contributed by atoms with Crippen molar-refractivity contribution in [3.63, 3.8) is 0 Å². The van der Waals surface area contributed by atoms with Gasteiger partial charge in [0.15, 0.2) is 0 Å². The molecule has 1 atom stereocenters. The van der Waals surface area contributed by atoms with Crippen molar-refractivity contribution in [3.05, 3.63) is 30.1 Å². The van der Waals surface area contributed by atoms with Crippen molar-refractivity contribution in [2.24, 2.45) is 11.7 Å². The highest BCUT2D eigenvalue weighted by Crippen LogP contribution is 2.11. The predicted molar refractivity (Wildman–Crippen MR) is 65.0 cm³/mol. The summed E-state index contributed by atoms with van der Waals surface area (Å²) >= 11 is 0. The predicted octanol–water partition coefficient (Wildman–Crippen LogP) is 1.96. The number of hydrogen-bond acceptors (Lipinski definition) is 3. The van der Waals surface area contributed by atoms with Gasteiger partial charge in [-0.3, -0.25) is 9.78 Å². The first kappa shape index (κ1) is 12.8. The molecule has 0 radical (unpaired) electrons. The van der Waals surface area contributed by atoms with Gasteiger partial charge in [-0.05, 0) is 43.0 Å². The molecule has 0 aliphatic rings. The topological polar surface area (TPSA) is 56.0 Å². The van der Waals surface area contributed by atoms with Crippen LogP contribution >= 0.6 is 0 Å². The molecule has 0 amide bonds. The van der Waals surface area contributed by atoms with E-state index in [1.807, 2.05) is 12.1 Å². The largest absolute Gasteiger partial charge is 0.330 e. The van der Waals surface area contributed by atoms with E-state index in [4.69, 9.17) is 5.73 Å². The molecule has 1 unspecified atom stereocenters. The van der Waals surface area contributed by atoms with E-state index in [9.17, 15) is 4.79 Å². The van der Waals surface area contributed by atoms with Crippen LogP contribution in [0.2, 0.25) is 0 Å². The molecule has 16 heavy (non-hydrogen) atoms. The molecule has 1 aromatic rings. The summed E-state index contributed by atoms with van der Waals surface area (Å²) in [5.74, 6) is 0.849. The van der Waals surface area contributed by atoms with Crippen LogP contribution in [0, 0.1) is 5.92 Å². The van der Waals surface area contributed by atoms with E-state index in [1.165, 1.54) is 0 Å². The Hall–Kier alpha value is -1.22. The lowest BCUT2D eigenvalue weighted by atomic mass is 9.98. The van der Waals surface area contributed by atoms with Gasteiger partial charge in [0.25, 0.3) is 0 Å². The van der Waals surface area contributed by atoms with Crippen LogP contribution in [0.5, 0.6) is 0 Å². The van der Waals surface area contributed by atoms with Crippen LogP contribution in [-0.4, -0.2) is 17.3 Å². The standard InChI is InChI=1S/C13H20N2O/c1-11(4-7-14)2-3-13(16)10-12-5-8-15-9-6-12/h5-6,8-9,11H,2-4,7,10,14H2,1H3. The van der Waals surface area contributed by atoms with Crippen LogP contribution in [0.4, 0.5) is 0 Å². The molecule has 0 bridgehead atoms. The number of hydrogen-bond donors (Lipinski definition) is 1. The maximum absolute atomic E-state index is 11.7. The fourth-order valence-electron chi connectivity index (χ4n) is 1.65. The molecule has 3 nitrogen and oxygen atoms in total. The molecular formula is C13H20N2O. The minimum absolute atomic E-state index is 0.301. The minimum Gasteiger partial charge on any atom is -0.330 e. The highest BCUT2D eigenvalue weighted by molar-refractivity contribution is 5.80. The molecule has 0 fully saturated rings. The first-order valence-electron chi connectivity index (χ1n) is 5.83. The van der Waals surface area contributed by atoms with E-state index in [1.54, 1.807) is 12.4 Å². The van der Waals surface area contributed by atoms with Gasteiger partial charge in [0.05, 0.1) is 0 Å². The summed E-state index contributed by atoms with van der Waals surface area (Å²) in [7, 11) is 0. The minimum atomic E-state index is 0.301. The zero-order valence-corrected chi connectivity index (χ0v) is 9.86. The quantitative estimate of drug-likeness (QED) is 0.764. The smallest absolute Gasteiger partial charge is 0.137 e. The van der Waals surface area contributed by atoms with Crippen molar-refractivity contribution < 1.29 is 4.79 Å². The van der Waals surface area contributed by atoms with E-state index < -0.39 is 0 Å². The Morgan fingerprint density at radius 1 is 1.38 bits per heavy atom. The van der Waals surface area contributed by atoms with Gasteiger partial charge in [-0.1, -0.05) is 6.92 Å². The fraction of sp³-hybridized carbons (Fsp3) is 0.538. The number of Topliss-reactive ketones (excluding diaryl/α,β-unsaturated/α-hetero) is 1. The second kappa shape index (κ2) is 7.12. The first-order chi connectivity index (χ1) is 7.72. The van der Waals surface area contributed by atoms with Crippen molar-refractivity contribution in [1.82, 2.24) is 4.98 Å². The summed E-state index contributed by atoms with van der Waals surface area (Å²) in [6.07, 6.45) is 6.57. The zero-order chi connectivity index (χ0) is 11.8. The molecule has 0 spiro atoms. The highest BCUT2D eigenvalue weighted by Gasteiger charge is 2.07. The van der Waals surface area contributed by atoms with Crippen LogP contribution in [-0.2, 0) is 11.2 Å². The van der Waals surface area contributed by atoms with Gasteiger partial charge < -0.3 is 5.73 Å². The molecule has 3 heteroatoms. The van der Waals surface area contributed by atoms with Crippen molar-refractivity contribution >= 4 is 5.78 Å². The highest BCUT2D eigenvalue weighted by atomic mass is 16.1. The Bertz CT molecular complexity index is 311. The Kier molecular flexibility index (Phi) is 5.72. The van der Waals surface area contributed by atoms with Gasteiger partial charge in [-0.25, -0.2) is 0 Å². The Balaban J connectivity index is 2.26. The van der Waals surface area contributed by atoms with Gasteiger partial charge in [-0.2, -0.15) is 0 Å². The number of carbonyl (C=O) groups excluding carboxylic acids is 1. The van der Waals surface area contributed by atoms with Crippen molar-refractivity contribution in [1.29, 1.82) is 0 Å². The third-order valence-corrected chi connectivity index (χ3v) is 2.73. The van der Waals surface area contributed by atoms with Crippen molar-refractivity contribution in [3.8, 4) is 0 Å². The molecule has 0 aromatic carbocycles. The Labute approximate surface area is 97.1 Å². The third kappa shape index (κ3) is 5.03. The summed E-state index contributed by atoms with van der Waals surface area (Å²) in [6, 6.07) is 3.78. The fourth-order valence-corrected chi connectivity index (χ4v) is 1.65. The molecule has 0 saturated carbocycles. The number of pyridine rings is 1. The molecule has 2 N–H and O–H groups in total. The zero-order valence-electron chi connectivity index (χ0n) is 9.86. The van der Waals surface area contributed by atoms with Crippen LogP contribution < -0.4 is 5.73 Å². The number of ketones is 1. The van der Waals surface area contributed by atoms with Gasteiger partial charge in [-0.15, -0.1) is 0 Å². The SMILES string of the molecule is CC(CCN)CCC(=O)Cc1ccncc1. The van der Waals surface area contributed by atoms with Crippen LogP contribution in [0.25, 0.3) is 0 Å². The number of nitrogens with zero attached hydrogens (tertiary/aromatic N) is 1. The molecular weight excluding hydrogens is 200 g/mol. The van der Waals surface area contributed by atoms with Crippen LogP contribution in [0.15, 0.2) is 24.5 Å². The van der Waals surface area contributed by atoms with Crippen LogP contribution in [0.1, 0.15) is 31.7 Å². The normalized spacial score (nSPS) is 12.4. The van der Waals surface area contributed by atoms with E-state index in [0.29, 0.717) is 31.1 Å². The van der Waals surface area contributed by atoms with Crippen LogP contribution in [0.3, 0.4) is 0 Å². The molecule has 0 saturated heterocycles. The van der Waals surface area contributed by atoms with Gasteiger partial charge in [0.2, 0.25) is 0 Å². The molecule has 88 valence electrons. The Morgan fingerprint density at radius 2 is 2.06 bits per heavy atom. The third-order valence-electron chi connectivity index (χ3n) is 2.73.